The number of aryl methyl sites for hydroxylation is 1. The van der Waals surface area contributed by atoms with Gasteiger partial charge in [-0.3, -0.25) is 9.36 Å². The standard InChI is InChI=1S/C21H21NO3/c1-4-25-19-10-11-20(15(2)13-19)22-14-17(7-12-21(22)23)16-5-8-18(24-3)9-6-16/h5-14H,4H2,1-3H3. The van der Waals surface area contributed by atoms with Gasteiger partial charge in [-0.1, -0.05) is 12.1 Å². The normalized spacial score (nSPS) is 10.5. The van der Waals surface area contributed by atoms with E-state index in [1.807, 2.05) is 68.6 Å². The largest absolute Gasteiger partial charge is 0.497 e. The zero-order chi connectivity index (χ0) is 17.8. The van der Waals surface area contributed by atoms with Crippen LogP contribution < -0.4 is 15.0 Å². The molecule has 3 aromatic rings. The maximum Gasteiger partial charge on any atom is 0.255 e. The van der Waals surface area contributed by atoms with Gasteiger partial charge < -0.3 is 9.47 Å². The summed E-state index contributed by atoms with van der Waals surface area (Å²) in [5, 5.41) is 0. The van der Waals surface area contributed by atoms with E-state index >= 15 is 0 Å². The Hall–Kier alpha value is -3.01. The predicted octanol–water partition coefficient (Wildman–Crippen LogP) is 4.22. The van der Waals surface area contributed by atoms with Crippen LogP contribution in [0.2, 0.25) is 0 Å². The minimum Gasteiger partial charge on any atom is -0.497 e. The van der Waals surface area contributed by atoms with Crippen LogP contribution in [0.3, 0.4) is 0 Å². The van der Waals surface area contributed by atoms with E-state index in [0.29, 0.717) is 6.61 Å². The van der Waals surface area contributed by atoms with Gasteiger partial charge >= 0.3 is 0 Å². The summed E-state index contributed by atoms with van der Waals surface area (Å²) in [6.07, 6.45) is 1.87. The highest BCUT2D eigenvalue weighted by atomic mass is 16.5. The van der Waals surface area contributed by atoms with E-state index in [1.54, 1.807) is 17.7 Å². The van der Waals surface area contributed by atoms with Gasteiger partial charge in [0.25, 0.3) is 5.56 Å². The van der Waals surface area contributed by atoms with Crippen LogP contribution in [-0.4, -0.2) is 18.3 Å². The van der Waals surface area contributed by atoms with Gasteiger partial charge in [0.2, 0.25) is 0 Å². The molecule has 4 heteroatoms. The topological polar surface area (TPSA) is 40.5 Å². The van der Waals surface area contributed by atoms with Crippen molar-refractivity contribution in [1.82, 2.24) is 4.57 Å². The highest BCUT2D eigenvalue weighted by Crippen LogP contribution is 2.24. The van der Waals surface area contributed by atoms with Crippen molar-refractivity contribution in [3.8, 4) is 28.3 Å². The Morgan fingerprint density at radius 3 is 2.24 bits per heavy atom. The lowest BCUT2D eigenvalue weighted by Gasteiger charge is -2.13. The smallest absolute Gasteiger partial charge is 0.255 e. The molecular weight excluding hydrogens is 314 g/mol. The maximum atomic E-state index is 12.4. The summed E-state index contributed by atoms with van der Waals surface area (Å²) in [5.74, 6) is 1.61. The second-order valence-electron chi connectivity index (χ2n) is 5.74. The zero-order valence-electron chi connectivity index (χ0n) is 14.7. The van der Waals surface area contributed by atoms with Crippen molar-refractivity contribution in [2.24, 2.45) is 0 Å². The third-order valence-corrected chi connectivity index (χ3v) is 4.07. The van der Waals surface area contributed by atoms with E-state index in [4.69, 9.17) is 9.47 Å². The van der Waals surface area contributed by atoms with Crippen LogP contribution >= 0.6 is 0 Å². The molecule has 0 saturated carbocycles. The Bertz CT molecular complexity index is 927. The number of hydrogen-bond acceptors (Lipinski definition) is 3. The first-order valence-electron chi connectivity index (χ1n) is 8.23. The molecule has 0 unspecified atom stereocenters. The van der Waals surface area contributed by atoms with Gasteiger partial charge in [0.05, 0.1) is 19.4 Å². The fourth-order valence-electron chi connectivity index (χ4n) is 2.78. The Labute approximate surface area is 147 Å². The van der Waals surface area contributed by atoms with E-state index in [-0.39, 0.29) is 5.56 Å². The number of pyridine rings is 1. The van der Waals surface area contributed by atoms with Gasteiger partial charge in [0, 0.05) is 12.3 Å². The summed E-state index contributed by atoms with van der Waals surface area (Å²) in [4.78, 5) is 12.4. The maximum absolute atomic E-state index is 12.4. The van der Waals surface area contributed by atoms with Gasteiger partial charge in [0.15, 0.2) is 0 Å². The molecule has 0 amide bonds. The fraction of sp³-hybridized carbons (Fsp3) is 0.190. The molecule has 128 valence electrons. The Balaban J connectivity index is 2.03. The van der Waals surface area contributed by atoms with Crippen molar-refractivity contribution in [2.45, 2.75) is 13.8 Å². The van der Waals surface area contributed by atoms with Crippen LogP contribution in [0.1, 0.15) is 12.5 Å². The number of ether oxygens (including phenoxy) is 2. The molecule has 4 nitrogen and oxygen atoms in total. The quantitative estimate of drug-likeness (QED) is 0.701. The molecule has 0 bridgehead atoms. The van der Waals surface area contributed by atoms with Gasteiger partial charge in [-0.15, -0.1) is 0 Å². The van der Waals surface area contributed by atoms with Crippen molar-refractivity contribution in [1.29, 1.82) is 0 Å². The lowest BCUT2D eigenvalue weighted by molar-refractivity contribution is 0.340. The molecule has 0 saturated heterocycles. The second-order valence-corrected chi connectivity index (χ2v) is 5.74. The zero-order valence-corrected chi connectivity index (χ0v) is 14.7. The number of methoxy groups -OCH3 is 1. The molecule has 2 aromatic carbocycles. The van der Waals surface area contributed by atoms with E-state index in [9.17, 15) is 4.79 Å². The molecule has 0 aliphatic carbocycles. The van der Waals surface area contributed by atoms with E-state index in [1.165, 1.54) is 0 Å². The van der Waals surface area contributed by atoms with Crippen LogP contribution in [0.4, 0.5) is 0 Å². The molecule has 3 rings (SSSR count). The van der Waals surface area contributed by atoms with Crippen LogP contribution in [0.15, 0.2) is 65.6 Å². The SMILES string of the molecule is CCOc1ccc(-n2cc(-c3ccc(OC)cc3)ccc2=O)c(C)c1. The molecule has 1 heterocycles. The number of aromatic nitrogens is 1. The van der Waals surface area contributed by atoms with Gasteiger partial charge in [-0.25, -0.2) is 0 Å². The number of nitrogens with zero attached hydrogens (tertiary/aromatic N) is 1. The lowest BCUT2D eigenvalue weighted by atomic mass is 10.1. The molecule has 0 atom stereocenters. The third-order valence-electron chi connectivity index (χ3n) is 4.07. The minimum atomic E-state index is -0.0653. The van der Waals surface area contributed by atoms with E-state index in [2.05, 4.69) is 0 Å². The molecule has 0 fully saturated rings. The number of hydrogen-bond donors (Lipinski definition) is 0. The van der Waals surface area contributed by atoms with Gasteiger partial charge in [-0.05, 0) is 66.9 Å². The minimum absolute atomic E-state index is 0.0653. The molecule has 1 aromatic heterocycles. The summed E-state index contributed by atoms with van der Waals surface area (Å²) in [7, 11) is 1.64. The molecule has 0 aliphatic rings. The third kappa shape index (κ3) is 3.58. The molecular formula is C21H21NO3. The van der Waals surface area contributed by atoms with Crippen molar-refractivity contribution < 1.29 is 9.47 Å². The second kappa shape index (κ2) is 7.26. The van der Waals surface area contributed by atoms with Crippen molar-refractivity contribution in [3.63, 3.8) is 0 Å². The summed E-state index contributed by atoms with van der Waals surface area (Å²) in [6, 6.07) is 17.0. The number of rotatable bonds is 5. The van der Waals surface area contributed by atoms with Gasteiger partial charge in [-0.2, -0.15) is 0 Å². The van der Waals surface area contributed by atoms with Crippen molar-refractivity contribution in [2.75, 3.05) is 13.7 Å². The van der Waals surface area contributed by atoms with Crippen LogP contribution in [0.5, 0.6) is 11.5 Å². The van der Waals surface area contributed by atoms with Crippen LogP contribution in [-0.2, 0) is 0 Å². The molecule has 0 radical (unpaired) electrons. The summed E-state index contributed by atoms with van der Waals surface area (Å²) >= 11 is 0. The summed E-state index contributed by atoms with van der Waals surface area (Å²) in [6.45, 7) is 4.54. The highest BCUT2D eigenvalue weighted by molar-refractivity contribution is 5.64. The molecule has 25 heavy (non-hydrogen) atoms. The highest BCUT2D eigenvalue weighted by Gasteiger charge is 2.07. The van der Waals surface area contributed by atoms with Gasteiger partial charge in [0.1, 0.15) is 11.5 Å². The average Bonchev–Trinajstić information content (AvgIpc) is 2.63. The van der Waals surface area contributed by atoms with Crippen molar-refractivity contribution >= 4 is 0 Å². The first kappa shape index (κ1) is 16.8. The van der Waals surface area contributed by atoms with E-state index < -0.39 is 0 Å². The average molecular weight is 335 g/mol. The lowest BCUT2D eigenvalue weighted by Crippen LogP contribution is -2.17. The van der Waals surface area contributed by atoms with Crippen LogP contribution in [0, 0.1) is 6.92 Å². The first-order chi connectivity index (χ1) is 12.1. The Kier molecular flexibility index (Phi) is 4.89. The fourth-order valence-corrected chi connectivity index (χ4v) is 2.78. The molecule has 0 aliphatic heterocycles. The Morgan fingerprint density at radius 1 is 0.920 bits per heavy atom. The van der Waals surface area contributed by atoms with Crippen molar-refractivity contribution in [3.05, 3.63) is 76.7 Å². The molecule has 0 spiro atoms. The first-order valence-corrected chi connectivity index (χ1v) is 8.23. The van der Waals surface area contributed by atoms with Crippen LogP contribution in [0.25, 0.3) is 16.8 Å². The number of benzene rings is 2. The summed E-state index contributed by atoms with van der Waals surface area (Å²) < 4.78 is 12.4. The monoisotopic (exact) mass is 335 g/mol. The summed E-state index contributed by atoms with van der Waals surface area (Å²) in [5.41, 5.74) is 3.77. The molecule has 0 N–H and O–H groups in total. The van der Waals surface area contributed by atoms with E-state index in [0.717, 1.165) is 33.9 Å². The predicted molar refractivity (Wildman–Crippen MR) is 99.9 cm³/mol. The Morgan fingerprint density at radius 2 is 1.60 bits per heavy atom.